The van der Waals surface area contributed by atoms with Crippen molar-refractivity contribution in [1.29, 1.82) is 0 Å². The van der Waals surface area contributed by atoms with Gasteiger partial charge in [0.15, 0.2) is 0 Å². The standard InChI is InChI=1S/C30H38N4O4S/c1-20(2)12-17-33-28(36)26(39-29(33)21-8-10-24(38-3)11-9-21)18-27(35)32-15-13-23(14-16-32)34-19-22-6-4-5-7-25(22)31-30(34)37/h4-11,20,23,26,29H,12-19H2,1-3H3,(H,31,37). The highest BCUT2D eigenvalue weighted by Gasteiger charge is 2.42. The van der Waals surface area contributed by atoms with Crippen LogP contribution in [0.3, 0.4) is 0 Å². The summed E-state index contributed by atoms with van der Waals surface area (Å²) >= 11 is 1.58. The fourth-order valence-electron chi connectivity index (χ4n) is 5.61. The van der Waals surface area contributed by atoms with Gasteiger partial charge in [0.1, 0.15) is 11.1 Å². The molecular formula is C30H38N4O4S. The van der Waals surface area contributed by atoms with Crippen molar-refractivity contribution in [3.8, 4) is 5.75 Å². The minimum atomic E-state index is -0.390. The number of carbonyl (C=O) groups is 3. The molecule has 9 heteroatoms. The Morgan fingerprint density at radius 1 is 1.08 bits per heavy atom. The SMILES string of the molecule is COc1ccc(C2SC(CC(=O)N3CCC(N4Cc5ccccc5NC4=O)CC3)C(=O)N2CCC(C)C)cc1. The number of para-hydroxylation sites is 1. The molecule has 0 saturated carbocycles. The molecule has 4 amide bonds. The second-order valence-corrected chi connectivity index (χ2v) is 12.3. The summed E-state index contributed by atoms with van der Waals surface area (Å²) < 4.78 is 5.30. The average molecular weight is 551 g/mol. The summed E-state index contributed by atoms with van der Waals surface area (Å²) in [6.07, 6.45) is 2.60. The number of thioether (sulfide) groups is 1. The summed E-state index contributed by atoms with van der Waals surface area (Å²) in [4.78, 5) is 45.3. The molecule has 0 aliphatic carbocycles. The van der Waals surface area contributed by atoms with Crippen molar-refractivity contribution in [3.05, 3.63) is 59.7 Å². The Hall–Kier alpha value is -3.20. The molecular weight excluding hydrogens is 512 g/mol. The van der Waals surface area contributed by atoms with Gasteiger partial charge in [-0.25, -0.2) is 4.79 Å². The Bertz CT molecular complexity index is 1200. The van der Waals surface area contributed by atoms with Gasteiger partial charge in [0.2, 0.25) is 11.8 Å². The van der Waals surface area contributed by atoms with Crippen LogP contribution in [-0.2, 0) is 16.1 Å². The molecule has 2 aromatic rings. The molecule has 3 heterocycles. The lowest BCUT2D eigenvalue weighted by Crippen LogP contribution is -2.51. The molecule has 1 N–H and O–H groups in total. The maximum Gasteiger partial charge on any atom is 0.322 e. The third-order valence-corrected chi connectivity index (χ3v) is 9.44. The van der Waals surface area contributed by atoms with E-state index in [9.17, 15) is 14.4 Å². The fourth-order valence-corrected chi connectivity index (χ4v) is 7.08. The first-order chi connectivity index (χ1) is 18.8. The minimum absolute atomic E-state index is 0.0203. The van der Waals surface area contributed by atoms with E-state index in [-0.39, 0.29) is 40.9 Å². The van der Waals surface area contributed by atoms with E-state index in [0.29, 0.717) is 32.1 Å². The van der Waals surface area contributed by atoms with Crippen molar-refractivity contribution in [2.75, 3.05) is 32.1 Å². The number of piperidine rings is 1. The monoisotopic (exact) mass is 550 g/mol. The number of fused-ring (bicyclic) bond motifs is 1. The van der Waals surface area contributed by atoms with Gasteiger partial charge >= 0.3 is 6.03 Å². The molecule has 0 radical (unpaired) electrons. The average Bonchev–Trinajstić information content (AvgIpc) is 3.26. The quantitative estimate of drug-likeness (QED) is 0.494. The molecule has 0 aromatic heterocycles. The van der Waals surface area contributed by atoms with Gasteiger partial charge in [-0.05, 0) is 54.5 Å². The number of methoxy groups -OCH3 is 1. The van der Waals surface area contributed by atoms with Gasteiger partial charge in [-0.2, -0.15) is 0 Å². The van der Waals surface area contributed by atoms with E-state index in [2.05, 4.69) is 19.2 Å². The lowest BCUT2D eigenvalue weighted by molar-refractivity contribution is -0.137. The van der Waals surface area contributed by atoms with Crippen LogP contribution in [0.4, 0.5) is 10.5 Å². The Morgan fingerprint density at radius 3 is 2.49 bits per heavy atom. The van der Waals surface area contributed by atoms with E-state index in [1.165, 1.54) is 0 Å². The van der Waals surface area contributed by atoms with Crippen molar-refractivity contribution < 1.29 is 19.1 Å². The van der Waals surface area contributed by atoms with Crippen molar-refractivity contribution in [1.82, 2.24) is 14.7 Å². The number of anilines is 1. The maximum absolute atomic E-state index is 13.5. The van der Waals surface area contributed by atoms with Gasteiger partial charge in [-0.3, -0.25) is 9.59 Å². The lowest BCUT2D eigenvalue weighted by Gasteiger charge is -2.40. The summed E-state index contributed by atoms with van der Waals surface area (Å²) in [5.41, 5.74) is 3.04. The molecule has 2 unspecified atom stereocenters. The normalized spacial score (nSPS) is 21.8. The highest BCUT2D eigenvalue weighted by atomic mass is 32.2. The Morgan fingerprint density at radius 2 is 1.79 bits per heavy atom. The largest absolute Gasteiger partial charge is 0.497 e. The van der Waals surface area contributed by atoms with E-state index in [0.717, 1.165) is 41.8 Å². The first kappa shape index (κ1) is 27.4. The van der Waals surface area contributed by atoms with E-state index in [1.54, 1.807) is 18.9 Å². The molecule has 8 nitrogen and oxygen atoms in total. The Labute approximate surface area is 235 Å². The summed E-state index contributed by atoms with van der Waals surface area (Å²) in [7, 11) is 1.64. The zero-order valence-corrected chi connectivity index (χ0v) is 23.8. The number of nitrogens with one attached hydrogen (secondary N) is 1. The van der Waals surface area contributed by atoms with Crippen LogP contribution in [-0.4, -0.2) is 70.6 Å². The van der Waals surface area contributed by atoms with Gasteiger partial charge in [0.05, 0.1) is 12.4 Å². The number of ether oxygens (including phenoxy) is 1. The number of hydrogen-bond donors (Lipinski definition) is 1. The summed E-state index contributed by atoms with van der Waals surface area (Å²) in [5.74, 6) is 1.33. The van der Waals surface area contributed by atoms with E-state index in [4.69, 9.17) is 4.74 Å². The number of urea groups is 1. The van der Waals surface area contributed by atoms with Crippen LogP contribution in [0.15, 0.2) is 48.5 Å². The number of likely N-dealkylation sites (tertiary alicyclic amines) is 1. The molecule has 208 valence electrons. The van der Waals surface area contributed by atoms with E-state index < -0.39 is 0 Å². The van der Waals surface area contributed by atoms with Crippen LogP contribution in [0.25, 0.3) is 0 Å². The van der Waals surface area contributed by atoms with Crippen molar-refractivity contribution in [2.45, 2.75) is 62.7 Å². The van der Waals surface area contributed by atoms with Crippen LogP contribution in [0.2, 0.25) is 0 Å². The van der Waals surface area contributed by atoms with Crippen molar-refractivity contribution in [3.63, 3.8) is 0 Å². The zero-order valence-electron chi connectivity index (χ0n) is 23.0. The minimum Gasteiger partial charge on any atom is -0.497 e. The topological polar surface area (TPSA) is 82.2 Å². The first-order valence-corrected chi connectivity index (χ1v) is 14.8. The van der Waals surface area contributed by atoms with Crippen LogP contribution in [0, 0.1) is 5.92 Å². The van der Waals surface area contributed by atoms with Crippen molar-refractivity contribution in [2.24, 2.45) is 5.92 Å². The van der Waals surface area contributed by atoms with E-state index in [1.807, 2.05) is 63.2 Å². The third kappa shape index (κ3) is 6.03. The molecule has 0 bridgehead atoms. The number of benzene rings is 2. The van der Waals surface area contributed by atoms with Gasteiger partial charge in [-0.15, -0.1) is 11.8 Å². The highest BCUT2D eigenvalue weighted by molar-refractivity contribution is 8.01. The number of rotatable bonds is 8. The number of nitrogens with zero attached hydrogens (tertiary/aromatic N) is 3. The smallest absolute Gasteiger partial charge is 0.322 e. The molecule has 2 atom stereocenters. The second-order valence-electron chi connectivity index (χ2n) is 11.0. The van der Waals surface area contributed by atoms with E-state index >= 15 is 0 Å². The van der Waals surface area contributed by atoms with Crippen molar-refractivity contribution >= 4 is 35.3 Å². The van der Waals surface area contributed by atoms with Crippen LogP contribution >= 0.6 is 11.8 Å². The predicted molar refractivity (Wildman–Crippen MR) is 154 cm³/mol. The molecule has 0 spiro atoms. The molecule has 2 fully saturated rings. The molecule has 5 rings (SSSR count). The highest BCUT2D eigenvalue weighted by Crippen LogP contribution is 2.45. The van der Waals surface area contributed by atoms with Gasteiger partial charge in [-0.1, -0.05) is 44.2 Å². The second kappa shape index (κ2) is 11.9. The molecule has 39 heavy (non-hydrogen) atoms. The maximum atomic E-state index is 13.5. The van der Waals surface area contributed by atoms with Gasteiger partial charge < -0.3 is 24.8 Å². The number of carbonyl (C=O) groups excluding carboxylic acids is 3. The summed E-state index contributed by atoms with van der Waals surface area (Å²) in [6.45, 7) is 6.78. The Balaban J connectivity index is 1.19. The Kier molecular flexibility index (Phi) is 8.35. The van der Waals surface area contributed by atoms with Crippen LogP contribution in [0.5, 0.6) is 5.75 Å². The van der Waals surface area contributed by atoms with Crippen LogP contribution in [0.1, 0.15) is 56.0 Å². The number of amides is 4. The summed E-state index contributed by atoms with van der Waals surface area (Å²) in [5, 5.41) is 2.50. The number of hydrogen-bond acceptors (Lipinski definition) is 5. The van der Waals surface area contributed by atoms with Crippen LogP contribution < -0.4 is 10.1 Å². The predicted octanol–water partition coefficient (Wildman–Crippen LogP) is 5.11. The fraction of sp³-hybridized carbons (Fsp3) is 0.500. The molecule has 3 aliphatic heterocycles. The zero-order chi connectivity index (χ0) is 27.5. The molecule has 3 aliphatic rings. The third-order valence-electron chi connectivity index (χ3n) is 7.96. The molecule has 2 aromatic carbocycles. The molecule has 2 saturated heterocycles. The summed E-state index contributed by atoms with van der Waals surface area (Å²) in [6, 6.07) is 15.8. The van der Waals surface area contributed by atoms with Gasteiger partial charge in [0.25, 0.3) is 0 Å². The lowest BCUT2D eigenvalue weighted by atomic mass is 10.0. The van der Waals surface area contributed by atoms with Gasteiger partial charge in [0, 0.05) is 44.3 Å². The first-order valence-electron chi connectivity index (χ1n) is 13.9.